The Balaban J connectivity index is 0.00000576. The van der Waals surface area contributed by atoms with Crippen molar-refractivity contribution in [2.24, 2.45) is 4.99 Å². The molecule has 148 valence electrons. The van der Waals surface area contributed by atoms with E-state index in [0.717, 1.165) is 58.8 Å². The first kappa shape index (κ1) is 24.4. The highest BCUT2D eigenvalue weighted by Crippen LogP contribution is 2.00. The number of rotatable bonds is 8. The van der Waals surface area contributed by atoms with Crippen molar-refractivity contribution in [3.05, 3.63) is 0 Å². The normalized spacial score (nSPS) is 16.1. The number of ether oxygens (including phenoxy) is 1. The van der Waals surface area contributed by atoms with Gasteiger partial charge in [-0.05, 0) is 47.1 Å². The first-order valence-corrected chi connectivity index (χ1v) is 9.04. The summed E-state index contributed by atoms with van der Waals surface area (Å²) in [6.45, 7) is 14.6. The minimum absolute atomic E-state index is 0. The summed E-state index contributed by atoms with van der Waals surface area (Å²) in [4.78, 5) is 18.6. The van der Waals surface area contributed by atoms with Crippen LogP contribution < -0.4 is 16.0 Å². The van der Waals surface area contributed by atoms with Gasteiger partial charge in [-0.15, -0.1) is 24.0 Å². The Morgan fingerprint density at radius 1 is 1.16 bits per heavy atom. The molecule has 3 N–H and O–H groups in total. The maximum atomic E-state index is 11.8. The van der Waals surface area contributed by atoms with Crippen molar-refractivity contribution in [3.63, 3.8) is 0 Å². The van der Waals surface area contributed by atoms with Crippen molar-refractivity contribution >= 4 is 35.8 Å². The summed E-state index contributed by atoms with van der Waals surface area (Å²) >= 11 is 0. The third kappa shape index (κ3) is 13.3. The second-order valence-electron chi connectivity index (χ2n) is 7.08. The van der Waals surface area contributed by atoms with Crippen molar-refractivity contribution in [1.82, 2.24) is 20.9 Å². The van der Waals surface area contributed by atoms with E-state index in [1.807, 2.05) is 27.7 Å². The molecule has 8 heteroatoms. The molecule has 25 heavy (non-hydrogen) atoms. The molecule has 1 aliphatic heterocycles. The molecule has 0 aromatic heterocycles. The first-order chi connectivity index (χ1) is 11.4. The summed E-state index contributed by atoms with van der Waals surface area (Å²) < 4.78 is 5.35. The van der Waals surface area contributed by atoms with Gasteiger partial charge >= 0.3 is 0 Å². The average molecular weight is 469 g/mol. The van der Waals surface area contributed by atoms with Crippen LogP contribution in [-0.4, -0.2) is 74.8 Å². The lowest BCUT2D eigenvalue weighted by Crippen LogP contribution is -2.43. The van der Waals surface area contributed by atoms with E-state index in [0.29, 0.717) is 5.96 Å². The Labute approximate surface area is 169 Å². The van der Waals surface area contributed by atoms with Crippen molar-refractivity contribution in [2.45, 2.75) is 46.1 Å². The van der Waals surface area contributed by atoms with Gasteiger partial charge in [0.1, 0.15) is 6.54 Å². The number of carbonyl (C=O) groups is 1. The molecular weight excluding hydrogens is 433 g/mol. The number of guanidine groups is 1. The molecule has 0 atom stereocenters. The molecule has 1 amide bonds. The van der Waals surface area contributed by atoms with Gasteiger partial charge in [0.05, 0.1) is 13.2 Å². The minimum Gasteiger partial charge on any atom is -0.379 e. The van der Waals surface area contributed by atoms with Gasteiger partial charge in [-0.25, -0.2) is 4.99 Å². The number of halogens is 1. The second-order valence-corrected chi connectivity index (χ2v) is 7.08. The summed E-state index contributed by atoms with van der Waals surface area (Å²) in [5.74, 6) is 0.639. The summed E-state index contributed by atoms with van der Waals surface area (Å²) in [6, 6.07) is 0. The molecule has 1 fully saturated rings. The van der Waals surface area contributed by atoms with E-state index >= 15 is 0 Å². The van der Waals surface area contributed by atoms with Gasteiger partial charge in [-0.3, -0.25) is 9.69 Å². The van der Waals surface area contributed by atoms with Gasteiger partial charge in [0.25, 0.3) is 0 Å². The van der Waals surface area contributed by atoms with Crippen LogP contribution >= 0.6 is 24.0 Å². The van der Waals surface area contributed by atoms with E-state index in [4.69, 9.17) is 4.74 Å². The van der Waals surface area contributed by atoms with Crippen LogP contribution in [0.5, 0.6) is 0 Å². The van der Waals surface area contributed by atoms with Gasteiger partial charge in [-0.2, -0.15) is 0 Å². The predicted octanol–water partition coefficient (Wildman–Crippen LogP) is 1.19. The number of hydrogen-bond donors (Lipinski definition) is 3. The lowest BCUT2D eigenvalue weighted by Gasteiger charge is -2.26. The van der Waals surface area contributed by atoms with Crippen LogP contribution in [0.3, 0.4) is 0 Å². The Bertz CT molecular complexity index is 393. The third-order valence-corrected chi connectivity index (χ3v) is 3.54. The molecule has 1 heterocycles. The minimum atomic E-state index is -0.224. The molecule has 7 nitrogen and oxygen atoms in total. The van der Waals surface area contributed by atoms with Gasteiger partial charge in [0.2, 0.25) is 5.91 Å². The Morgan fingerprint density at radius 3 is 2.44 bits per heavy atom. The number of unbranched alkanes of at least 4 members (excludes halogenated alkanes) is 1. The Morgan fingerprint density at radius 2 is 1.84 bits per heavy atom. The fraction of sp³-hybridized carbons (Fsp3) is 0.882. The molecule has 0 aromatic carbocycles. The fourth-order valence-electron chi connectivity index (χ4n) is 2.44. The van der Waals surface area contributed by atoms with Crippen LogP contribution in [0, 0.1) is 0 Å². The number of amides is 1. The highest BCUT2D eigenvalue weighted by Gasteiger charge is 2.13. The van der Waals surface area contributed by atoms with Crippen LogP contribution in [0.1, 0.15) is 40.5 Å². The van der Waals surface area contributed by atoms with E-state index in [1.165, 1.54) is 0 Å². The molecular formula is C17H36IN5O2. The molecule has 0 saturated carbocycles. The maximum Gasteiger partial charge on any atom is 0.242 e. The van der Waals surface area contributed by atoms with E-state index in [2.05, 4.69) is 25.8 Å². The number of aliphatic imine (C=N–C) groups is 1. The lowest BCUT2D eigenvalue weighted by molar-refractivity contribution is -0.121. The molecule has 1 aliphatic rings. The average Bonchev–Trinajstić information content (AvgIpc) is 2.51. The molecule has 1 saturated heterocycles. The van der Waals surface area contributed by atoms with Gasteiger partial charge in [-0.1, -0.05) is 0 Å². The van der Waals surface area contributed by atoms with Crippen molar-refractivity contribution in [1.29, 1.82) is 0 Å². The highest BCUT2D eigenvalue weighted by molar-refractivity contribution is 14.0. The summed E-state index contributed by atoms with van der Waals surface area (Å²) in [7, 11) is 0. The van der Waals surface area contributed by atoms with E-state index in [9.17, 15) is 4.79 Å². The van der Waals surface area contributed by atoms with Crippen LogP contribution in [0.2, 0.25) is 0 Å². The smallest absolute Gasteiger partial charge is 0.242 e. The van der Waals surface area contributed by atoms with Crippen LogP contribution in [0.4, 0.5) is 0 Å². The monoisotopic (exact) mass is 469 g/mol. The van der Waals surface area contributed by atoms with Gasteiger partial charge in [0, 0.05) is 31.7 Å². The largest absolute Gasteiger partial charge is 0.379 e. The van der Waals surface area contributed by atoms with Crippen molar-refractivity contribution in [2.75, 3.05) is 52.5 Å². The van der Waals surface area contributed by atoms with Gasteiger partial charge < -0.3 is 20.7 Å². The number of nitrogens with one attached hydrogen (secondary N) is 3. The Hall–Kier alpha value is -0.610. The van der Waals surface area contributed by atoms with E-state index in [-0.39, 0.29) is 42.0 Å². The van der Waals surface area contributed by atoms with E-state index in [1.54, 1.807) is 0 Å². The summed E-state index contributed by atoms with van der Waals surface area (Å²) in [5.41, 5.74) is -0.224. The van der Waals surface area contributed by atoms with Crippen LogP contribution in [0.25, 0.3) is 0 Å². The van der Waals surface area contributed by atoms with Crippen LogP contribution in [0.15, 0.2) is 4.99 Å². The molecule has 0 aromatic rings. The van der Waals surface area contributed by atoms with Crippen molar-refractivity contribution < 1.29 is 9.53 Å². The topological polar surface area (TPSA) is 78.0 Å². The van der Waals surface area contributed by atoms with Crippen LogP contribution in [-0.2, 0) is 9.53 Å². The highest BCUT2D eigenvalue weighted by atomic mass is 127. The Kier molecular flexibility index (Phi) is 13.2. The summed E-state index contributed by atoms with van der Waals surface area (Å²) in [6.07, 6.45) is 2.23. The molecule has 0 aliphatic carbocycles. The fourth-order valence-corrected chi connectivity index (χ4v) is 2.44. The summed E-state index contributed by atoms with van der Waals surface area (Å²) in [5, 5.41) is 9.38. The quantitative estimate of drug-likeness (QED) is 0.216. The molecule has 0 unspecified atom stereocenters. The zero-order valence-corrected chi connectivity index (χ0v) is 18.5. The number of nitrogens with zero attached hydrogens (tertiary/aromatic N) is 2. The standard InChI is InChI=1S/C17H35N5O2.HI/c1-5-18-16(20-14-15(23)21-17(2,3)4)19-8-6-7-9-22-10-12-24-13-11-22;/h5-14H2,1-4H3,(H,21,23)(H2,18,19,20);1H. The SMILES string of the molecule is CCNC(=NCC(=O)NC(C)(C)C)NCCCCN1CCOCC1.I. The molecule has 0 radical (unpaired) electrons. The lowest BCUT2D eigenvalue weighted by atomic mass is 10.1. The van der Waals surface area contributed by atoms with Crippen molar-refractivity contribution in [3.8, 4) is 0 Å². The number of carbonyl (C=O) groups excluding carboxylic acids is 1. The molecule has 0 bridgehead atoms. The molecule has 1 rings (SSSR count). The predicted molar refractivity (Wildman–Crippen MR) is 114 cm³/mol. The second kappa shape index (κ2) is 13.6. The number of hydrogen-bond acceptors (Lipinski definition) is 4. The third-order valence-electron chi connectivity index (χ3n) is 3.54. The number of morpholine rings is 1. The zero-order valence-electron chi connectivity index (χ0n) is 16.2. The zero-order chi connectivity index (χ0) is 17.8. The molecule has 0 spiro atoms. The van der Waals surface area contributed by atoms with E-state index < -0.39 is 0 Å². The first-order valence-electron chi connectivity index (χ1n) is 9.04. The maximum absolute atomic E-state index is 11.8. The van der Waals surface area contributed by atoms with Gasteiger partial charge in [0.15, 0.2) is 5.96 Å².